The van der Waals surface area contributed by atoms with Crippen molar-refractivity contribution in [2.24, 2.45) is 4.99 Å². The molecule has 4 nitrogen and oxygen atoms in total. The molecule has 3 rings (SSSR count). The standard InChI is InChI=1S/C15H12N2O2S/c1-18-14-7-11(17-8-12-3-2-6-20-12)4-5-13(14)15-9-16-10-19-15/h2-10H,1H3/b17-8+. The van der Waals surface area contributed by atoms with E-state index in [9.17, 15) is 0 Å². The Hall–Kier alpha value is -2.40. The van der Waals surface area contributed by atoms with Crippen molar-refractivity contribution < 1.29 is 9.15 Å². The molecule has 20 heavy (non-hydrogen) atoms. The number of hydrogen-bond donors (Lipinski definition) is 0. The molecule has 0 saturated carbocycles. The number of methoxy groups -OCH3 is 1. The molecule has 0 radical (unpaired) electrons. The lowest BCUT2D eigenvalue weighted by atomic mass is 10.1. The number of ether oxygens (including phenoxy) is 1. The van der Waals surface area contributed by atoms with Gasteiger partial charge in [0.05, 0.1) is 24.6 Å². The third-order valence-corrected chi connectivity index (χ3v) is 3.57. The van der Waals surface area contributed by atoms with E-state index in [4.69, 9.17) is 9.15 Å². The van der Waals surface area contributed by atoms with Crippen LogP contribution in [-0.4, -0.2) is 18.3 Å². The van der Waals surface area contributed by atoms with Gasteiger partial charge in [0.2, 0.25) is 0 Å². The summed E-state index contributed by atoms with van der Waals surface area (Å²) in [6.07, 6.45) is 4.90. The Bertz CT molecular complexity index is 704. The van der Waals surface area contributed by atoms with Gasteiger partial charge in [-0.1, -0.05) is 6.07 Å². The molecule has 0 aliphatic carbocycles. The highest BCUT2D eigenvalue weighted by Crippen LogP contribution is 2.33. The van der Waals surface area contributed by atoms with Crippen LogP contribution in [0.15, 0.2) is 57.7 Å². The predicted octanol–water partition coefficient (Wildman–Crippen LogP) is 4.16. The molecule has 5 heteroatoms. The molecule has 2 aromatic heterocycles. The maximum absolute atomic E-state index is 5.39. The van der Waals surface area contributed by atoms with Gasteiger partial charge in [0.25, 0.3) is 0 Å². The molecule has 0 unspecified atom stereocenters. The highest BCUT2D eigenvalue weighted by atomic mass is 32.1. The fourth-order valence-electron chi connectivity index (χ4n) is 1.82. The van der Waals surface area contributed by atoms with E-state index in [1.807, 2.05) is 41.9 Å². The monoisotopic (exact) mass is 284 g/mol. The van der Waals surface area contributed by atoms with Crippen molar-refractivity contribution in [1.82, 2.24) is 4.98 Å². The van der Waals surface area contributed by atoms with Gasteiger partial charge in [0, 0.05) is 17.2 Å². The maximum Gasteiger partial charge on any atom is 0.181 e. The van der Waals surface area contributed by atoms with Gasteiger partial charge in [0.15, 0.2) is 12.2 Å². The van der Waals surface area contributed by atoms with Crippen molar-refractivity contribution in [3.8, 4) is 17.1 Å². The van der Waals surface area contributed by atoms with Crippen LogP contribution >= 0.6 is 11.3 Å². The SMILES string of the molecule is COc1cc(/N=C/c2cccs2)ccc1-c1cnco1. The van der Waals surface area contributed by atoms with E-state index in [0.717, 1.165) is 16.1 Å². The van der Waals surface area contributed by atoms with E-state index in [0.29, 0.717) is 11.5 Å². The van der Waals surface area contributed by atoms with E-state index >= 15 is 0 Å². The molecule has 0 aliphatic heterocycles. The number of oxazole rings is 1. The number of thiophene rings is 1. The molecule has 0 amide bonds. The molecule has 100 valence electrons. The molecule has 0 spiro atoms. The summed E-state index contributed by atoms with van der Waals surface area (Å²) in [5.41, 5.74) is 1.69. The van der Waals surface area contributed by atoms with Gasteiger partial charge in [-0.05, 0) is 23.6 Å². The molecule has 1 aromatic carbocycles. The molecule has 0 atom stereocenters. The summed E-state index contributed by atoms with van der Waals surface area (Å²) >= 11 is 1.65. The number of aliphatic imine (C=N–C) groups is 1. The van der Waals surface area contributed by atoms with Gasteiger partial charge in [0.1, 0.15) is 5.75 Å². The third kappa shape index (κ3) is 2.62. The zero-order valence-electron chi connectivity index (χ0n) is 10.8. The average molecular weight is 284 g/mol. The molecule has 0 saturated heterocycles. The second-order valence-corrected chi connectivity index (χ2v) is 5.00. The van der Waals surface area contributed by atoms with Gasteiger partial charge in [-0.15, -0.1) is 11.3 Å². The first-order chi connectivity index (χ1) is 9.86. The van der Waals surface area contributed by atoms with E-state index < -0.39 is 0 Å². The average Bonchev–Trinajstić information content (AvgIpc) is 3.18. The second kappa shape index (κ2) is 5.71. The lowest BCUT2D eigenvalue weighted by molar-refractivity contribution is 0.415. The van der Waals surface area contributed by atoms with Crippen LogP contribution in [-0.2, 0) is 0 Å². The molecule has 3 aromatic rings. The minimum Gasteiger partial charge on any atom is -0.496 e. The van der Waals surface area contributed by atoms with Crippen molar-refractivity contribution in [3.63, 3.8) is 0 Å². The summed E-state index contributed by atoms with van der Waals surface area (Å²) in [5, 5.41) is 2.02. The van der Waals surface area contributed by atoms with Crippen LogP contribution in [0.3, 0.4) is 0 Å². The Morgan fingerprint density at radius 1 is 1.35 bits per heavy atom. The Kier molecular flexibility index (Phi) is 3.60. The van der Waals surface area contributed by atoms with E-state index in [1.165, 1.54) is 6.39 Å². The largest absolute Gasteiger partial charge is 0.496 e. The minimum atomic E-state index is 0.677. The summed E-state index contributed by atoms with van der Waals surface area (Å²) in [7, 11) is 1.63. The second-order valence-electron chi connectivity index (χ2n) is 4.02. The van der Waals surface area contributed by atoms with Crippen LogP contribution in [0.2, 0.25) is 0 Å². The molecule has 0 bridgehead atoms. The number of benzene rings is 1. The quantitative estimate of drug-likeness (QED) is 0.676. The highest BCUT2D eigenvalue weighted by Gasteiger charge is 2.09. The predicted molar refractivity (Wildman–Crippen MR) is 80.1 cm³/mol. The first kappa shape index (κ1) is 12.6. The lowest BCUT2D eigenvalue weighted by Crippen LogP contribution is -1.86. The van der Waals surface area contributed by atoms with Crippen molar-refractivity contribution in [1.29, 1.82) is 0 Å². The lowest BCUT2D eigenvalue weighted by Gasteiger charge is -2.06. The van der Waals surface area contributed by atoms with Gasteiger partial charge in [-0.3, -0.25) is 4.99 Å². The summed E-state index contributed by atoms with van der Waals surface area (Å²) in [5.74, 6) is 1.39. The van der Waals surface area contributed by atoms with Gasteiger partial charge in [-0.2, -0.15) is 0 Å². The first-order valence-electron chi connectivity index (χ1n) is 6.01. The van der Waals surface area contributed by atoms with Crippen LogP contribution in [0.1, 0.15) is 4.88 Å². The Balaban J connectivity index is 1.91. The van der Waals surface area contributed by atoms with Crippen LogP contribution < -0.4 is 4.74 Å². The summed E-state index contributed by atoms with van der Waals surface area (Å²) < 4.78 is 10.7. The van der Waals surface area contributed by atoms with Crippen LogP contribution in [0.5, 0.6) is 5.75 Å². The summed E-state index contributed by atoms with van der Waals surface area (Å²) in [6.45, 7) is 0. The number of nitrogens with zero attached hydrogens (tertiary/aromatic N) is 2. The molecule has 0 aliphatic rings. The fourth-order valence-corrected chi connectivity index (χ4v) is 2.40. The van der Waals surface area contributed by atoms with Gasteiger partial charge < -0.3 is 9.15 Å². The molecule has 2 heterocycles. The minimum absolute atomic E-state index is 0.677. The van der Waals surface area contributed by atoms with E-state index in [-0.39, 0.29) is 0 Å². The van der Waals surface area contributed by atoms with Crippen molar-refractivity contribution in [2.45, 2.75) is 0 Å². The van der Waals surface area contributed by atoms with Crippen molar-refractivity contribution in [2.75, 3.05) is 7.11 Å². The Morgan fingerprint density at radius 2 is 2.30 bits per heavy atom. The number of aromatic nitrogens is 1. The summed E-state index contributed by atoms with van der Waals surface area (Å²) in [6, 6.07) is 9.74. The van der Waals surface area contributed by atoms with Crippen LogP contribution in [0, 0.1) is 0 Å². The molecule has 0 N–H and O–H groups in total. The van der Waals surface area contributed by atoms with Crippen LogP contribution in [0.25, 0.3) is 11.3 Å². The molecular formula is C15H12N2O2S. The zero-order valence-corrected chi connectivity index (χ0v) is 11.6. The number of hydrogen-bond acceptors (Lipinski definition) is 5. The van der Waals surface area contributed by atoms with Crippen molar-refractivity contribution in [3.05, 3.63) is 53.2 Å². The van der Waals surface area contributed by atoms with E-state index in [2.05, 4.69) is 9.98 Å². The smallest absolute Gasteiger partial charge is 0.181 e. The van der Waals surface area contributed by atoms with Gasteiger partial charge in [-0.25, -0.2) is 4.98 Å². The topological polar surface area (TPSA) is 47.6 Å². The summed E-state index contributed by atoms with van der Waals surface area (Å²) in [4.78, 5) is 9.47. The van der Waals surface area contributed by atoms with Gasteiger partial charge >= 0.3 is 0 Å². The molecular weight excluding hydrogens is 272 g/mol. The first-order valence-corrected chi connectivity index (χ1v) is 6.89. The highest BCUT2D eigenvalue weighted by molar-refractivity contribution is 7.11. The van der Waals surface area contributed by atoms with Crippen LogP contribution in [0.4, 0.5) is 5.69 Å². The van der Waals surface area contributed by atoms with Crippen molar-refractivity contribution >= 4 is 23.2 Å². The Labute approximate surface area is 120 Å². The molecule has 0 fully saturated rings. The Morgan fingerprint density at radius 3 is 3.00 bits per heavy atom. The zero-order chi connectivity index (χ0) is 13.8. The van der Waals surface area contributed by atoms with E-state index in [1.54, 1.807) is 24.6 Å². The number of rotatable bonds is 4. The fraction of sp³-hybridized carbons (Fsp3) is 0.0667. The third-order valence-electron chi connectivity index (χ3n) is 2.77. The normalized spacial score (nSPS) is 11.1. The maximum atomic E-state index is 5.39.